The molecule has 1 aliphatic heterocycles. The number of nitrogens with one attached hydrogen (secondary N) is 1. The molecule has 1 fully saturated rings. The fraction of sp³-hybridized carbons (Fsp3) is 0.231. The summed E-state index contributed by atoms with van der Waals surface area (Å²) in [6, 6.07) is 5.85. The van der Waals surface area contributed by atoms with Crippen molar-refractivity contribution in [1.82, 2.24) is 10.2 Å². The lowest BCUT2D eigenvalue weighted by Gasteiger charge is -2.29. The van der Waals surface area contributed by atoms with Gasteiger partial charge in [0.05, 0.1) is 0 Å². The second-order valence-corrected chi connectivity index (χ2v) is 4.53. The Morgan fingerprint density at radius 1 is 1.25 bits per heavy atom. The number of primary amides is 1. The maximum absolute atomic E-state index is 12.2. The van der Waals surface area contributed by atoms with Crippen molar-refractivity contribution in [2.24, 2.45) is 5.73 Å². The van der Waals surface area contributed by atoms with Gasteiger partial charge in [-0.25, -0.2) is 4.79 Å². The average Bonchev–Trinajstić information content (AvgIpc) is 2.36. The van der Waals surface area contributed by atoms with Crippen molar-refractivity contribution < 1.29 is 19.2 Å². The smallest absolute Gasteiger partial charge is 0.331 e. The number of benzene rings is 1. The minimum absolute atomic E-state index is 0.458. The van der Waals surface area contributed by atoms with Crippen LogP contribution in [0.25, 0.3) is 0 Å². The average molecular weight is 275 g/mol. The molecule has 1 unspecified atom stereocenters. The Bertz CT molecular complexity index is 594. The van der Waals surface area contributed by atoms with Gasteiger partial charge in [-0.2, -0.15) is 0 Å². The molecule has 20 heavy (non-hydrogen) atoms. The number of aryl methyl sites for hydroxylation is 1. The highest BCUT2D eigenvalue weighted by atomic mass is 16.2. The van der Waals surface area contributed by atoms with E-state index in [2.05, 4.69) is 0 Å². The van der Waals surface area contributed by atoms with E-state index < -0.39 is 36.2 Å². The van der Waals surface area contributed by atoms with E-state index in [1.54, 1.807) is 24.3 Å². The number of hydrogen-bond donors (Lipinski definition) is 2. The fourth-order valence-electron chi connectivity index (χ4n) is 1.97. The first-order valence-corrected chi connectivity index (χ1v) is 5.91. The first kappa shape index (κ1) is 13.7. The number of nitrogens with two attached hydrogens (primary N) is 1. The third-order valence-electron chi connectivity index (χ3n) is 2.98. The predicted octanol–water partition coefficient (Wildman–Crippen LogP) is -0.358. The Morgan fingerprint density at radius 3 is 2.40 bits per heavy atom. The van der Waals surface area contributed by atoms with Gasteiger partial charge in [-0.3, -0.25) is 24.6 Å². The summed E-state index contributed by atoms with van der Waals surface area (Å²) in [6.45, 7) is 1.32. The largest absolute Gasteiger partial charge is 0.368 e. The molecule has 7 heteroatoms. The molecule has 2 rings (SSSR count). The Kier molecular flexibility index (Phi) is 3.51. The fourth-order valence-corrected chi connectivity index (χ4v) is 1.97. The number of barbiturate groups is 1. The van der Waals surface area contributed by atoms with E-state index in [0.29, 0.717) is 10.5 Å². The van der Waals surface area contributed by atoms with Crippen LogP contribution in [0.1, 0.15) is 17.0 Å². The lowest BCUT2D eigenvalue weighted by molar-refractivity contribution is -0.140. The minimum Gasteiger partial charge on any atom is -0.368 e. The topological polar surface area (TPSA) is 110 Å². The van der Waals surface area contributed by atoms with Gasteiger partial charge >= 0.3 is 6.03 Å². The van der Waals surface area contributed by atoms with Gasteiger partial charge in [0.2, 0.25) is 17.7 Å². The van der Waals surface area contributed by atoms with E-state index in [-0.39, 0.29) is 0 Å². The van der Waals surface area contributed by atoms with E-state index in [4.69, 9.17) is 5.73 Å². The molecular weight excluding hydrogens is 262 g/mol. The zero-order valence-corrected chi connectivity index (χ0v) is 10.8. The molecular formula is C13H13N3O4. The Morgan fingerprint density at radius 2 is 1.85 bits per heavy atom. The summed E-state index contributed by atoms with van der Waals surface area (Å²) in [6.07, 6.45) is 0. The minimum atomic E-state index is -1.15. The number of imide groups is 2. The molecule has 3 N–H and O–H groups in total. The first-order chi connectivity index (χ1) is 9.40. The molecule has 1 heterocycles. The standard InChI is InChI=1S/C13H13N3O4/c1-7-2-4-8(5-3-7)10-11(18)15-13(20)16(12(10)19)6-9(14)17/h2-5,10H,6H2,1H3,(H2,14,17)(H,15,18,20). The van der Waals surface area contributed by atoms with Gasteiger partial charge in [0.1, 0.15) is 12.5 Å². The number of amides is 5. The van der Waals surface area contributed by atoms with E-state index in [1.807, 2.05) is 12.2 Å². The van der Waals surface area contributed by atoms with Crippen LogP contribution in [0.5, 0.6) is 0 Å². The highest BCUT2D eigenvalue weighted by molar-refractivity contribution is 6.20. The van der Waals surface area contributed by atoms with Crippen molar-refractivity contribution >= 4 is 23.8 Å². The van der Waals surface area contributed by atoms with Gasteiger partial charge < -0.3 is 5.73 Å². The van der Waals surface area contributed by atoms with Crippen molar-refractivity contribution in [3.05, 3.63) is 35.4 Å². The van der Waals surface area contributed by atoms with Crippen LogP contribution in [0.15, 0.2) is 24.3 Å². The maximum atomic E-state index is 12.2. The summed E-state index contributed by atoms with van der Waals surface area (Å²) >= 11 is 0. The zero-order chi connectivity index (χ0) is 14.9. The maximum Gasteiger partial charge on any atom is 0.331 e. The van der Waals surface area contributed by atoms with Gasteiger partial charge in [0.15, 0.2) is 0 Å². The molecule has 1 aromatic rings. The van der Waals surface area contributed by atoms with Crippen LogP contribution in [0, 0.1) is 6.92 Å². The van der Waals surface area contributed by atoms with Crippen LogP contribution < -0.4 is 11.1 Å². The molecule has 5 amide bonds. The van der Waals surface area contributed by atoms with Gasteiger partial charge in [0.25, 0.3) is 0 Å². The number of nitrogens with zero attached hydrogens (tertiary/aromatic N) is 1. The Balaban J connectivity index is 2.34. The third-order valence-corrected chi connectivity index (χ3v) is 2.98. The number of carbonyl (C=O) groups is 4. The van der Waals surface area contributed by atoms with Crippen molar-refractivity contribution in [2.45, 2.75) is 12.8 Å². The molecule has 1 aromatic carbocycles. The Labute approximate surface area is 114 Å². The molecule has 0 aromatic heterocycles. The number of hydrogen-bond acceptors (Lipinski definition) is 4. The molecule has 0 bridgehead atoms. The molecule has 0 radical (unpaired) electrons. The normalized spacial score (nSPS) is 18.9. The molecule has 0 saturated carbocycles. The van der Waals surface area contributed by atoms with E-state index in [1.165, 1.54) is 0 Å². The lowest BCUT2D eigenvalue weighted by Crippen LogP contribution is -2.58. The second kappa shape index (κ2) is 5.12. The van der Waals surface area contributed by atoms with Crippen LogP contribution in [0.4, 0.5) is 4.79 Å². The number of urea groups is 1. The van der Waals surface area contributed by atoms with Gasteiger partial charge in [-0.1, -0.05) is 29.8 Å². The van der Waals surface area contributed by atoms with Gasteiger partial charge in [-0.15, -0.1) is 0 Å². The van der Waals surface area contributed by atoms with E-state index >= 15 is 0 Å². The highest BCUT2D eigenvalue weighted by Gasteiger charge is 2.41. The Hall–Kier alpha value is -2.70. The second-order valence-electron chi connectivity index (χ2n) is 4.53. The van der Waals surface area contributed by atoms with Crippen LogP contribution in [0.2, 0.25) is 0 Å². The molecule has 0 spiro atoms. The van der Waals surface area contributed by atoms with Crippen LogP contribution in [0.3, 0.4) is 0 Å². The van der Waals surface area contributed by atoms with Crippen LogP contribution in [-0.2, 0) is 14.4 Å². The van der Waals surface area contributed by atoms with Crippen molar-refractivity contribution in [2.75, 3.05) is 6.54 Å². The zero-order valence-electron chi connectivity index (χ0n) is 10.8. The summed E-state index contributed by atoms with van der Waals surface area (Å²) in [5.41, 5.74) is 6.42. The van der Waals surface area contributed by atoms with Crippen molar-refractivity contribution in [3.8, 4) is 0 Å². The molecule has 1 atom stereocenters. The summed E-state index contributed by atoms with van der Waals surface area (Å²) in [7, 11) is 0. The van der Waals surface area contributed by atoms with Crippen molar-refractivity contribution in [1.29, 1.82) is 0 Å². The molecule has 0 aliphatic carbocycles. The van der Waals surface area contributed by atoms with Crippen LogP contribution >= 0.6 is 0 Å². The summed E-state index contributed by atoms with van der Waals surface area (Å²) in [5, 5.41) is 2.05. The lowest BCUT2D eigenvalue weighted by atomic mass is 9.94. The predicted molar refractivity (Wildman–Crippen MR) is 68.4 cm³/mol. The van der Waals surface area contributed by atoms with Gasteiger partial charge in [-0.05, 0) is 12.5 Å². The highest BCUT2D eigenvalue weighted by Crippen LogP contribution is 2.22. The molecule has 1 saturated heterocycles. The van der Waals surface area contributed by atoms with Crippen molar-refractivity contribution in [3.63, 3.8) is 0 Å². The number of rotatable bonds is 3. The summed E-state index contributed by atoms with van der Waals surface area (Å²) in [5.74, 6) is -3.43. The first-order valence-electron chi connectivity index (χ1n) is 5.91. The molecule has 104 valence electrons. The molecule has 7 nitrogen and oxygen atoms in total. The summed E-state index contributed by atoms with van der Waals surface area (Å²) in [4.78, 5) is 47.1. The monoisotopic (exact) mass is 275 g/mol. The molecule has 1 aliphatic rings. The SMILES string of the molecule is Cc1ccc(C2C(=O)NC(=O)N(CC(N)=O)C2=O)cc1. The van der Waals surface area contributed by atoms with Crippen LogP contribution in [-0.4, -0.2) is 35.2 Å². The quantitative estimate of drug-likeness (QED) is 0.734. The van der Waals surface area contributed by atoms with E-state index in [0.717, 1.165) is 5.56 Å². The van der Waals surface area contributed by atoms with Gasteiger partial charge in [0, 0.05) is 0 Å². The third kappa shape index (κ3) is 2.51. The number of carbonyl (C=O) groups excluding carboxylic acids is 4. The summed E-state index contributed by atoms with van der Waals surface area (Å²) < 4.78 is 0. The van der Waals surface area contributed by atoms with E-state index in [9.17, 15) is 19.2 Å².